The summed E-state index contributed by atoms with van der Waals surface area (Å²) in [6, 6.07) is 0. The van der Waals surface area contributed by atoms with Crippen LogP contribution in [0.5, 0.6) is 0 Å². The van der Waals surface area contributed by atoms with E-state index in [1.54, 1.807) is 13.8 Å². The van der Waals surface area contributed by atoms with Crippen molar-refractivity contribution < 1.29 is 29.7 Å². The van der Waals surface area contributed by atoms with Gasteiger partial charge in [0.15, 0.2) is 0 Å². The predicted octanol–water partition coefficient (Wildman–Crippen LogP) is -0.528. The maximum Gasteiger partial charge on any atom is 0.317 e. The number of rotatable bonds is 5. The topological polar surface area (TPSA) is 124 Å². The maximum absolute atomic E-state index is 9.73. The largest absolute Gasteiger partial charge is 0.481 e. The molecule has 0 aromatic carbocycles. The lowest BCUT2D eigenvalue weighted by atomic mass is 10.2. The van der Waals surface area contributed by atoms with E-state index in [9.17, 15) is 14.4 Å². The molecule has 0 rings (SSSR count). The fourth-order valence-corrected chi connectivity index (χ4v) is 0.276. The van der Waals surface area contributed by atoms with Gasteiger partial charge in [-0.25, -0.2) is 0 Å². The first-order chi connectivity index (χ1) is 6.77. The van der Waals surface area contributed by atoms with Crippen molar-refractivity contribution in [3.05, 3.63) is 0 Å². The van der Waals surface area contributed by atoms with E-state index >= 15 is 0 Å². The first-order valence-electron chi connectivity index (χ1n) is 4.14. The van der Waals surface area contributed by atoms with E-state index in [0.29, 0.717) is 0 Å². The molecule has 0 aromatic heterocycles. The van der Waals surface area contributed by atoms with Gasteiger partial charge in [0.05, 0.1) is 19.0 Å². The molecule has 0 amide bonds. The van der Waals surface area contributed by atoms with Crippen LogP contribution in [0.15, 0.2) is 0 Å². The smallest absolute Gasteiger partial charge is 0.317 e. The standard InChI is InChI=1S/C4H7NO4.C4H8O2/c6-3(7)1-5-2-4(8)9;1-3(2)4(5)6/h5H,1-2H2,(H,6,7)(H,8,9);3H,1-2H3,(H,5,6). The Morgan fingerprint density at radius 3 is 1.40 bits per heavy atom. The predicted molar refractivity (Wildman–Crippen MR) is 50.6 cm³/mol. The van der Waals surface area contributed by atoms with Gasteiger partial charge in [-0.15, -0.1) is 0 Å². The Labute approximate surface area is 86.7 Å². The number of hydrogen-bond acceptors (Lipinski definition) is 4. The van der Waals surface area contributed by atoms with Gasteiger partial charge in [0, 0.05) is 0 Å². The van der Waals surface area contributed by atoms with Crippen LogP contribution < -0.4 is 5.32 Å². The van der Waals surface area contributed by atoms with E-state index in [1.165, 1.54) is 0 Å². The molecule has 0 aliphatic rings. The third-order valence-corrected chi connectivity index (χ3v) is 1.05. The summed E-state index contributed by atoms with van der Waals surface area (Å²) in [5.74, 6) is -3.09. The van der Waals surface area contributed by atoms with Crippen LogP contribution in [0.4, 0.5) is 0 Å². The third kappa shape index (κ3) is 19.0. The van der Waals surface area contributed by atoms with Crippen LogP contribution in [0, 0.1) is 5.92 Å². The number of carbonyl (C=O) groups is 3. The number of aliphatic carboxylic acids is 3. The zero-order valence-electron chi connectivity index (χ0n) is 8.56. The van der Waals surface area contributed by atoms with Gasteiger partial charge in [-0.2, -0.15) is 0 Å². The molecule has 0 heterocycles. The highest BCUT2D eigenvalue weighted by molar-refractivity contribution is 5.72. The number of nitrogens with one attached hydrogen (secondary N) is 1. The molecule has 0 saturated carbocycles. The molecule has 0 aliphatic heterocycles. The summed E-state index contributed by atoms with van der Waals surface area (Å²) >= 11 is 0. The quantitative estimate of drug-likeness (QED) is 0.492. The van der Waals surface area contributed by atoms with Gasteiger partial charge in [0.2, 0.25) is 0 Å². The molecular formula is C8H15NO6. The van der Waals surface area contributed by atoms with Gasteiger partial charge in [0.1, 0.15) is 0 Å². The second-order valence-corrected chi connectivity index (χ2v) is 2.88. The van der Waals surface area contributed by atoms with E-state index in [1.807, 2.05) is 0 Å². The van der Waals surface area contributed by atoms with Crippen molar-refractivity contribution in [1.82, 2.24) is 5.32 Å². The number of hydrogen-bond donors (Lipinski definition) is 4. The Morgan fingerprint density at radius 2 is 1.27 bits per heavy atom. The van der Waals surface area contributed by atoms with Crippen LogP contribution in [0.25, 0.3) is 0 Å². The second-order valence-electron chi connectivity index (χ2n) is 2.88. The van der Waals surface area contributed by atoms with Crippen molar-refractivity contribution in [2.45, 2.75) is 13.8 Å². The molecule has 0 fully saturated rings. The van der Waals surface area contributed by atoms with Gasteiger partial charge in [-0.05, 0) is 0 Å². The average molecular weight is 221 g/mol. The van der Waals surface area contributed by atoms with E-state index < -0.39 is 17.9 Å². The van der Waals surface area contributed by atoms with Crippen LogP contribution in [-0.2, 0) is 14.4 Å². The fraction of sp³-hybridized carbons (Fsp3) is 0.625. The molecular weight excluding hydrogens is 206 g/mol. The molecule has 0 bridgehead atoms. The molecule has 0 atom stereocenters. The number of carboxylic acid groups (broad SMARTS) is 3. The first kappa shape index (κ1) is 15.8. The summed E-state index contributed by atoms with van der Waals surface area (Å²) in [7, 11) is 0. The molecule has 0 spiro atoms. The molecule has 0 unspecified atom stereocenters. The summed E-state index contributed by atoms with van der Waals surface area (Å²) in [5, 5.41) is 26.1. The molecule has 88 valence electrons. The van der Waals surface area contributed by atoms with Gasteiger partial charge in [0.25, 0.3) is 0 Å². The average Bonchev–Trinajstić information content (AvgIpc) is 2.03. The minimum Gasteiger partial charge on any atom is -0.481 e. The van der Waals surface area contributed by atoms with E-state index in [4.69, 9.17) is 15.3 Å². The van der Waals surface area contributed by atoms with E-state index in [2.05, 4.69) is 5.32 Å². The van der Waals surface area contributed by atoms with Gasteiger partial charge < -0.3 is 15.3 Å². The van der Waals surface area contributed by atoms with Gasteiger partial charge in [-0.3, -0.25) is 19.7 Å². The van der Waals surface area contributed by atoms with Crippen molar-refractivity contribution in [3.63, 3.8) is 0 Å². The molecule has 0 radical (unpaired) electrons. The summed E-state index contributed by atoms with van der Waals surface area (Å²) in [6.45, 7) is 2.66. The minimum atomic E-state index is -1.06. The zero-order chi connectivity index (χ0) is 12.4. The summed E-state index contributed by atoms with van der Waals surface area (Å²) in [4.78, 5) is 29.1. The SMILES string of the molecule is CC(C)C(=O)O.O=C(O)CNCC(=O)O. The summed E-state index contributed by atoms with van der Waals surface area (Å²) in [5.41, 5.74) is 0. The van der Waals surface area contributed by atoms with Gasteiger partial charge in [-0.1, -0.05) is 13.8 Å². The van der Waals surface area contributed by atoms with Crippen molar-refractivity contribution in [2.24, 2.45) is 5.92 Å². The van der Waals surface area contributed by atoms with Crippen molar-refractivity contribution >= 4 is 17.9 Å². The van der Waals surface area contributed by atoms with Crippen LogP contribution in [0.2, 0.25) is 0 Å². The molecule has 0 saturated heterocycles. The number of carboxylic acids is 3. The summed E-state index contributed by atoms with van der Waals surface area (Å²) in [6.07, 6.45) is 0. The molecule has 7 heteroatoms. The molecule has 7 nitrogen and oxygen atoms in total. The highest BCUT2D eigenvalue weighted by Gasteiger charge is 1.99. The Kier molecular flexibility index (Phi) is 9.44. The molecule has 0 aromatic rings. The first-order valence-corrected chi connectivity index (χ1v) is 4.14. The third-order valence-electron chi connectivity index (χ3n) is 1.05. The Morgan fingerprint density at radius 1 is 1.00 bits per heavy atom. The minimum absolute atomic E-state index is 0.231. The van der Waals surface area contributed by atoms with Gasteiger partial charge >= 0.3 is 17.9 Å². The Bertz CT molecular complexity index is 211. The Balaban J connectivity index is 0. The highest BCUT2D eigenvalue weighted by atomic mass is 16.4. The summed E-state index contributed by atoms with van der Waals surface area (Å²) < 4.78 is 0. The lowest BCUT2D eigenvalue weighted by Gasteiger charge is -1.93. The van der Waals surface area contributed by atoms with E-state index in [-0.39, 0.29) is 19.0 Å². The fourth-order valence-electron chi connectivity index (χ4n) is 0.276. The molecule has 15 heavy (non-hydrogen) atoms. The lowest BCUT2D eigenvalue weighted by molar-refractivity contribution is -0.141. The zero-order valence-corrected chi connectivity index (χ0v) is 8.56. The normalized spacial score (nSPS) is 9.00. The molecule has 4 N–H and O–H groups in total. The van der Waals surface area contributed by atoms with Crippen molar-refractivity contribution in [2.75, 3.05) is 13.1 Å². The monoisotopic (exact) mass is 221 g/mol. The maximum atomic E-state index is 9.73. The lowest BCUT2D eigenvalue weighted by Crippen LogP contribution is -2.27. The van der Waals surface area contributed by atoms with Crippen LogP contribution in [0.3, 0.4) is 0 Å². The Hall–Kier alpha value is -1.63. The van der Waals surface area contributed by atoms with Crippen molar-refractivity contribution in [3.8, 4) is 0 Å². The van der Waals surface area contributed by atoms with E-state index in [0.717, 1.165) is 0 Å². The van der Waals surface area contributed by atoms with Crippen LogP contribution in [-0.4, -0.2) is 46.3 Å². The van der Waals surface area contributed by atoms with Crippen molar-refractivity contribution in [1.29, 1.82) is 0 Å². The molecule has 0 aliphatic carbocycles. The second kappa shape index (κ2) is 8.95. The van der Waals surface area contributed by atoms with Crippen LogP contribution >= 0.6 is 0 Å². The highest BCUT2D eigenvalue weighted by Crippen LogP contribution is 1.87. The van der Waals surface area contributed by atoms with Crippen LogP contribution in [0.1, 0.15) is 13.8 Å².